The van der Waals surface area contributed by atoms with Crippen LogP contribution in [0.1, 0.15) is 12.8 Å². The van der Waals surface area contributed by atoms with Crippen molar-refractivity contribution in [3.8, 4) is 6.01 Å². The molecule has 1 saturated heterocycles. The van der Waals surface area contributed by atoms with Gasteiger partial charge in [-0.25, -0.2) is 9.97 Å². The second kappa shape index (κ2) is 5.07. The zero-order valence-corrected chi connectivity index (χ0v) is 9.09. The highest BCUT2D eigenvalue weighted by Crippen LogP contribution is 2.15. The van der Waals surface area contributed by atoms with E-state index in [-0.39, 0.29) is 0 Å². The van der Waals surface area contributed by atoms with Gasteiger partial charge in [-0.05, 0) is 32.5 Å². The van der Waals surface area contributed by atoms with Crippen molar-refractivity contribution in [3.63, 3.8) is 0 Å². The molecule has 0 unspecified atom stereocenters. The van der Waals surface area contributed by atoms with Crippen LogP contribution < -0.4 is 4.74 Å². The first kappa shape index (κ1) is 10.4. The fraction of sp³-hybridized carbons (Fsp3) is 0.636. The van der Waals surface area contributed by atoms with Crippen molar-refractivity contribution in [2.45, 2.75) is 12.8 Å². The average molecular weight is 207 g/mol. The Morgan fingerprint density at radius 3 is 3.00 bits per heavy atom. The molecule has 0 bridgehead atoms. The molecular formula is C11H17N3O. The Balaban J connectivity index is 1.78. The molecule has 82 valence electrons. The first-order valence-electron chi connectivity index (χ1n) is 5.43. The van der Waals surface area contributed by atoms with Crippen LogP contribution in [0.15, 0.2) is 18.5 Å². The minimum Gasteiger partial charge on any atom is -0.463 e. The lowest BCUT2D eigenvalue weighted by Crippen LogP contribution is -2.34. The molecule has 4 heteroatoms. The molecule has 0 amide bonds. The van der Waals surface area contributed by atoms with Gasteiger partial charge in [0, 0.05) is 24.9 Å². The topological polar surface area (TPSA) is 38.2 Å². The van der Waals surface area contributed by atoms with E-state index in [0.717, 1.165) is 13.2 Å². The minimum absolute atomic E-state index is 0.491. The maximum Gasteiger partial charge on any atom is 0.316 e. The van der Waals surface area contributed by atoms with Crippen molar-refractivity contribution in [1.29, 1.82) is 0 Å². The van der Waals surface area contributed by atoms with Crippen LogP contribution in [0.2, 0.25) is 0 Å². The fourth-order valence-corrected chi connectivity index (χ4v) is 1.96. The third-order valence-corrected chi connectivity index (χ3v) is 2.71. The second-order valence-corrected chi connectivity index (χ2v) is 4.11. The highest BCUT2D eigenvalue weighted by molar-refractivity contribution is 4.93. The van der Waals surface area contributed by atoms with Crippen molar-refractivity contribution in [1.82, 2.24) is 14.9 Å². The fourth-order valence-electron chi connectivity index (χ4n) is 1.96. The summed E-state index contributed by atoms with van der Waals surface area (Å²) in [7, 11) is 2.16. The molecule has 0 N–H and O–H groups in total. The summed E-state index contributed by atoms with van der Waals surface area (Å²) in [6, 6.07) is 2.28. The molecular weight excluding hydrogens is 190 g/mol. The van der Waals surface area contributed by atoms with E-state index in [2.05, 4.69) is 21.9 Å². The summed E-state index contributed by atoms with van der Waals surface area (Å²) in [5.41, 5.74) is 0. The molecule has 15 heavy (non-hydrogen) atoms. The number of likely N-dealkylation sites (tertiary alicyclic amines) is 1. The molecule has 0 aliphatic carbocycles. The van der Waals surface area contributed by atoms with E-state index in [4.69, 9.17) is 4.74 Å². The Morgan fingerprint density at radius 1 is 1.47 bits per heavy atom. The number of rotatable bonds is 3. The molecule has 1 aliphatic heterocycles. The lowest BCUT2D eigenvalue weighted by molar-refractivity contribution is 0.144. The number of nitrogens with zero attached hydrogens (tertiary/aromatic N) is 3. The Kier molecular flexibility index (Phi) is 3.50. The molecule has 0 aromatic carbocycles. The summed E-state index contributed by atoms with van der Waals surface area (Å²) in [5.74, 6) is 0.618. The van der Waals surface area contributed by atoms with Gasteiger partial charge in [0.15, 0.2) is 0 Å². The molecule has 1 aliphatic rings. The standard InChI is InChI=1S/C11H17N3O/c1-14-7-2-4-10(8-14)9-15-11-12-5-3-6-13-11/h3,5-6,10H,2,4,7-9H2,1H3/t10-/m1/s1. The zero-order chi connectivity index (χ0) is 10.5. The van der Waals surface area contributed by atoms with E-state index < -0.39 is 0 Å². The van der Waals surface area contributed by atoms with Crippen LogP contribution in [0.25, 0.3) is 0 Å². The third-order valence-electron chi connectivity index (χ3n) is 2.71. The van der Waals surface area contributed by atoms with Crippen molar-refractivity contribution >= 4 is 0 Å². The highest BCUT2D eigenvalue weighted by atomic mass is 16.5. The molecule has 4 nitrogen and oxygen atoms in total. The Morgan fingerprint density at radius 2 is 2.27 bits per heavy atom. The monoisotopic (exact) mass is 207 g/mol. The van der Waals surface area contributed by atoms with E-state index in [9.17, 15) is 0 Å². The molecule has 0 saturated carbocycles. The number of hydrogen-bond acceptors (Lipinski definition) is 4. The van der Waals surface area contributed by atoms with Crippen molar-refractivity contribution in [2.75, 3.05) is 26.7 Å². The normalized spacial score (nSPS) is 22.6. The van der Waals surface area contributed by atoms with Gasteiger partial charge in [-0.15, -0.1) is 0 Å². The van der Waals surface area contributed by atoms with Crippen molar-refractivity contribution in [2.24, 2.45) is 5.92 Å². The van der Waals surface area contributed by atoms with Gasteiger partial charge < -0.3 is 9.64 Å². The molecule has 1 atom stereocenters. The van der Waals surface area contributed by atoms with Gasteiger partial charge in [0.2, 0.25) is 0 Å². The van der Waals surface area contributed by atoms with Crippen LogP contribution in [0.5, 0.6) is 6.01 Å². The van der Waals surface area contributed by atoms with Crippen LogP contribution in [-0.4, -0.2) is 41.6 Å². The highest BCUT2D eigenvalue weighted by Gasteiger charge is 2.17. The SMILES string of the molecule is CN1CCC[C@@H](COc2ncccn2)C1. The summed E-state index contributed by atoms with van der Waals surface area (Å²) in [6.45, 7) is 3.06. The van der Waals surface area contributed by atoms with E-state index in [0.29, 0.717) is 11.9 Å². The number of ether oxygens (including phenoxy) is 1. The summed E-state index contributed by atoms with van der Waals surface area (Å²) < 4.78 is 5.54. The maximum absolute atomic E-state index is 5.54. The van der Waals surface area contributed by atoms with Gasteiger partial charge >= 0.3 is 6.01 Å². The van der Waals surface area contributed by atoms with Gasteiger partial charge in [0.25, 0.3) is 0 Å². The van der Waals surface area contributed by atoms with Crippen LogP contribution >= 0.6 is 0 Å². The van der Waals surface area contributed by atoms with Crippen LogP contribution in [0.4, 0.5) is 0 Å². The average Bonchev–Trinajstić information content (AvgIpc) is 2.28. The van der Waals surface area contributed by atoms with Gasteiger partial charge in [-0.1, -0.05) is 0 Å². The number of hydrogen-bond donors (Lipinski definition) is 0. The molecule has 1 aromatic heterocycles. The van der Waals surface area contributed by atoms with E-state index in [1.807, 2.05) is 0 Å². The molecule has 2 rings (SSSR count). The third kappa shape index (κ3) is 3.16. The lowest BCUT2D eigenvalue weighted by Gasteiger charge is -2.29. The number of aromatic nitrogens is 2. The smallest absolute Gasteiger partial charge is 0.316 e. The predicted octanol–water partition coefficient (Wildman–Crippen LogP) is 1.20. The van der Waals surface area contributed by atoms with Gasteiger partial charge in [0.1, 0.15) is 0 Å². The predicted molar refractivity (Wildman–Crippen MR) is 57.7 cm³/mol. The van der Waals surface area contributed by atoms with Crippen LogP contribution in [0.3, 0.4) is 0 Å². The first-order chi connectivity index (χ1) is 7.34. The molecule has 1 fully saturated rings. The van der Waals surface area contributed by atoms with Crippen LogP contribution in [-0.2, 0) is 0 Å². The van der Waals surface area contributed by atoms with Gasteiger partial charge in [-0.2, -0.15) is 0 Å². The molecule has 1 aromatic rings. The summed E-state index contributed by atoms with van der Waals surface area (Å²) in [4.78, 5) is 10.4. The minimum atomic E-state index is 0.491. The summed E-state index contributed by atoms with van der Waals surface area (Å²) in [6.07, 6.45) is 5.92. The maximum atomic E-state index is 5.54. The zero-order valence-electron chi connectivity index (χ0n) is 9.09. The molecule has 2 heterocycles. The van der Waals surface area contributed by atoms with Crippen LogP contribution in [0, 0.1) is 5.92 Å². The Bertz CT molecular complexity index is 291. The first-order valence-corrected chi connectivity index (χ1v) is 5.43. The van der Waals surface area contributed by atoms with E-state index in [1.165, 1.54) is 19.4 Å². The summed E-state index contributed by atoms with van der Waals surface area (Å²) >= 11 is 0. The lowest BCUT2D eigenvalue weighted by atomic mass is 10.00. The van der Waals surface area contributed by atoms with Crippen molar-refractivity contribution < 1.29 is 4.74 Å². The Labute approximate surface area is 90.3 Å². The largest absolute Gasteiger partial charge is 0.463 e. The Hall–Kier alpha value is -1.16. The summed E-state index contributed by atoms with van der Waals surface area (Å²) in [5, 5.41) is 0. The van der Waals surface area contributed by atoms with E-state index in [1.54, 1.807) is 18.5 Å². The molecule has 0 spiro atoms. The second-order valence-electron chi connectivity index (χ2n) is 4.11. The van der Waals surface area contributed by atoms with Crippen molar-refractivity contribution in [3.05, 3.63) is 18.5 Å². The van der Waals surface area contributed by atoms with E-state index >= 15 is 0 Å². The van der Waals surface area contributed by atoms with Gasteiger partial charge in [-0.3, -0.25) is 0 Å². The number of piperidine rings is 1. The van der Waals surface area contributed by atoms with Gasteiger partial charge in [0.05, 0.1) is 6.61 Å². The quantitative estimate of drug-likeness (QED) is 0.746. The molecule has 0 radical (unpaired) electrons.